The van der Waals surface area contributed by atoms with E-state index in [1.807, 2.05) is 12.1 Å². The van der Waals surface area contributed by atoms with Crippen molar-refractivity contribution >= 4 is 27.4 Å². The van der Waals surface area contributed by atoms with E-state index in [-0.39, 0.29) is 27.9 Å². The number of ether oxygens (including phenoxy) is 1. The third kappa shape index (κ3) is 5.37. The average molecular weight is 441 g/mol. The Labute approximate surface area is 181 Å². The van der Waals surface area contributed by atoms with Crippen LogP contribution in [0.3, 0.4) is 0 Å². The molecule has 0 saturated heterocycles. The molecule has 0 spiro atoms. The first-order valence-electron chi connectivity index (χ1n) is 9.50. The zero-order valence-electron chi connectivity index (χ0n) is 17.7. The normalized spacial score (nSPS) is 11.6. The van der Waals surface area contributed by atoms with E-state index in [0.717, 1.165) is 5.56 Å². The Balaban J connectivity index is 1.71. The monoisotopic (exact) mass is 440 g/mol. The molecule has 1 heterocycles. The molecule has 2 N–H and O–H groups in total. The zero-order valence-corrected chi connectivity index (χ0v) is 18.5. The molecular formula is C22H24N4O4S. The second-order valence-electron chi connectivity index (χ2n) is 7.83. The molecule has 0 fully saturated rings. The average Bonchev–Trinajstić information content (AvgIpc) is 2.74. The highest BCUT2D eigenvalue weighted by Gasteiger charge is 2.18. The number of hydrogen-bond donors (Lipinski definition) is 2. The second kappa shape index (κ2) is 8.73. The molecule has 0 aliphatic carbocycles. The summed E-state index contributed by atoms with van der Waals surface area (Å²) in [6, 6.07) is 13.2. The van der Waals surface area contributed by atoms with Gasteiger partial charge in [-0.1, -0.05) is 32.9 Å². The van der Waals surface area contributed by atoms with Gasteiger partial charge in [0, 0.05) is 23.6 Å². The predicted molar refractivity (Wildman–Crippen MR) is 119 cm³/mol. The van der Waals surface area contributed by atoms with Gasteiger partial charge in [0.05, 0.1) is 12.0 Å². The molecule has 0 aliphatic rings. The second-order valence-corrected chi connectivity index (χ2v) is 9.51. The van der Waals surface area contributed by atoms with Crippen molar-refractivity contribution in [2.24, 2.45) is 0 Å². The summed E-state index contributed by atoms with van der Waals surface area (Å²) in [5.74, 6) is -0.230. The van der Waals surface area contributed by atoms with Gasteiger partial charge in [-0.15, -0.1) is 0 Å². The van der Waals surface area contributed by atoms with Gasteiger partial charge in [0.2, 0.25) is 5.82 Å². The molecule has 0 aliphatic heterocycles. The van der Waals surface area contributed by atoms with Crippen LogP contribution in [0.1, 0.15) is 36.7 Å². The number of rotatable bonds is 6. The minimum absolute atomic E-state index is 0.000283. The van der Waals surface area contributed by atoms with E-state index in [4.69, 9.17) is 4.74 Å². The highest BCUT2D eigenvalue weighted by molar-refractivity contribution is 7.92. The van der Waals surface area contributed by atoms with Gasteiger partial charge >= 0.3 is 0 Å². The summed E-state index contributed by atoms with van der Waals surface area (Å²) in [7, 11) is -2.54. The van der Waals surface area contributed by atoms with Crippen LogP contribution >= 0.6 is 0 Å². The molecule has 0 saturated carbocycles. The summed E-state index contributed by atoms with van der Waals surface area (Å²) in [6.45, 7) is 6.31. The Morgan fingerprint density at radius 2 is 1.55 bits per heavy atom. The maximum atomic E-state index is 12.6. The van der Waals surface area contributed by atoms with Gasteiger partial charge < -0.3 is 10.1 Å². The number of amides is 1. The van der Waals surface area contributed by atoms with Crippen LogP contribution in [0.5, 0.6) is 5.88 Å². The lowest BCUT2D eigenvalue weighted by Gasteiger charge is -2.19. The molecule has 0 atom stereocenters. The lowest BCUT2D eigenvalue weighted by Crippen LogP contribution is -2.16. The molecule has 0 radical (unpaired) electrons. The molecule has 0 unspecified atom stereocenters. The minimum atomic E-state index is -3.91. The van der Waals surface area contributed by atoms with E-state index in [1.54, 1.807) is 12.1 Å². The molecule has 31 heavy (non-hydrogen) atoms. The maximum absolute atomic E-state index is 12.6. The molecule has 8 nitrogen and oxygen atoms in total. The van der Waals surface area contributed by atoms with Gasteiger partial charge in [0.25, 0.3) is 21.8 Å². The number of benzene rings is 2. The highest BCUT2D eigenvalue weighted by Crippen LogP contribution is 2.24. The van der Waals surface area contributed by atoms with E-state index in [2.05, 4.69) is 40.8 Å². The Bertz CT molecular complexity index is 1170. The number of nitrogens with zero attached hydrogens (tertiary/aromatic N) is 2. The summed E-state index contributed by atoms with van der Waals surface area (Å²) < 4.78 is 32.6. The number of hydrogen-bond acceptors (Lipinski definition) is 6. The van der Waals surface area contributed by atoms with E-state index in [1.165, 1.54) is 43.8 Å². The first-order valence-corrected chi connectivity index (χ1v) is 11.0. The van der Waals surface area contributed by atoms with Crippen LogP contribution in [-0.4, -0.2) is 31.4 Å². The van der Waals surface area contributed by atoms with Crippen molar-refractivity contribution in [2.75, 3.05) is 17.1 Å². The van der Waals surface area contributed by atoms with Gasteiger partial charge in [-0.3, -0.25) is 9.52 Å². The number of methoxy groups -OCH3 is 1. The van der Waals surface area contributed by atoms with Crippen LogP contribution in [0.15, 0.2) is 65.8 Å². The predicted octanol–water partition coefficient (Wildman–Crippen LogP) is 3.84. The molecule has 1 amide bonds. The molecule has 162 valence electrons. The van der Waals surface area contributed by atoms with Gasteiger partial charge in [-0.25, -0.2) is 18.4 Å². The summed E-state index contributed by atoms with van der Waals surface area (Å²) in [5, 5.41) is 2.77. The SMILES string of the molecule is COc1nccnc1NS(=O)(=O)c1ccc(NC(=O)c2ccc(C(C)(C)C)cc2)cc1. The number of nitrogens with one attached hydrogen (secondary N) is 2. The smallest absolute Gasteiger partial charge is 0.263 e. The van der Waals surface area contributed by atoms with Crippen molar-refractivity contribution in [3.8, 4) is 5.88 Å². The Hall–Kier alpha value is -3.46. The number of anilines is 2. The van der Waals surface area contributed by atoms with Crippen LogP contribution in [0.25, 0.3) is 0 Å². The topological polar surface area (TPSA) is 110 Å². The van der Waals surface area contributed by atoms with Crippen LogP contribution in [0.2, 0.25) is 0 Å². The lowest BCUT2D eigenvalue weighted by atomic mass is 9.87. The highest BCUT2D eigenvalue weighted by atomic mass is 32.2. The van der Waals surface area contributed by atoms with Gasteiger partial charge in [-0.05, 0) is 47.4 Å². The number of carbonyl (C=O) groups excluding carboxylic acids is 1. The standard InChI is InChI=1S/C22H24N4O4S/c1-22(2,3)16-7-5-15(6-8-16)20(27)25-17-9-11-18(12-10-17)31(28,29)26-19-21(30-4)24-14-13-23-19/h5-14H,1-4H3,(H,23,26)(H,25,27). The molecule has 1 aromatic heterocycles. The fraction of sp³-hybridized carbons (Fsp3) is 0.227. The van der Waals surface area contributed by atoms with Crippen LogP contribution < -0.4 is 14.8 Å². The molecule has 3 rings (SSSR count). The number of carbonyl (C=O) groups is 1. The largest absolute Gasteiger partial charge is 0.478 e. The zero-order chi connectivity index (χ0) is 22.6. The summed E-state index contributed by atoms with van der Waals surface area (Å²) in [4.78, 5) is 20.4. The first-order chi connectivity index (χ1) is 14.6. The third-order valence-corrected chi connectivity index (χ3v) is 5.88. The fourth-order valence-electron chi connectivity index (χ4n) is 2.77. The minimum Gasteiger partial charge on any atom is -0.478 e. The fourth-order valence-corrected chi connectivity index (χ4v) is 3.78. The Morgan fingerprint density at radius 3 is 2.13 bits per heavy atom. The van der Waals surface area contributed by atoms with Crippen molar-refractivity contribution in [1.29, 1.82) is 0 Å². The maximum Gasteiger partial charge on any atom is 0.263 e. The van der Waals surface area contributed by atoms with Crippen molar-refractivity contribution < 1.29 is 17.9 Å². The van der Waals surface area contributed by atoms with Gasteiger partial charge in [0.1, 0.15) is 0 Å². The molecule has 3 aromatic rings. The van der Waals surface area contributed by atoms with Crippen LogP contribution in [0, 0.1) is 0 Å². The number of sulfonamides is 1. The summed E-state index contributed by atoms with van der Waals surface area (Å²) in [5.41, 5.74) is 2.12. The van der Waals surface area contributed by atoms with Crippen molar-refractivity contribution in [2.45, 2.75) is 31.1 Å². The van der Waals surface area contributed by atoms with Crippen molar-refractivity contribution in [3.63, 3.8) is 0 Å². The number of aromatic nitrogens is 2. The summed E-state index contributed by atoms with van der Waals surface area (Å²) in [6.07, 6.45) is 2.75. The molecular weight excluding hydrogens is 416 g/mol. The first kappa shape index (κ1) is 22.2. The van der Waals surface area contributed by atoms with Crippen LogP contribution in [0.4, 0.5) is 11.5 Å². The van der Waals surface area contributed by atoms with Crippen LogP contribution in [-0.2, 0) is 15.4 Å². The van der Waals surface area contributed by atoms with Gasteiger partial charge in [-0.2, -0.15) is 0 Å². The quantitative estimate of drug-likeness (QED) is 0.603. The van der Waals surface area contributed by atoms with E-state index in [0.29, 0.717) is 11.3 Å². The van der Waals surface area contributed by atoms with Crippen molar-refractivity contribution in [3.05, 3.63) is 72.1 Å². The Kier molecular flexibility index (Phi) is 6.26. The molecule has 0 bridgehead atoms. The lowest BCUT2D eigenvalue weighted by molar-refractivity contribution is 0.102. The molecule has 9 heteroatoms. The van der Waals surface area contributed by atoms with Gasteiger partial charge in [0.15, 0.2) is 0 Å². The Morgan fingerprint density at radius 1 is 0.935 bits per heavy atom. The molecule has 2 aromatic carbocycles. The summed E-state index contributed by atoms with van der Waals surface area (Å²) >= 11 is 0. The van der Waals surface area contributed by atoms with E-state index < -0.39 is 10.0 Å². The van der Waals surface area contributed by atoms with E-state index in [9.17, 15) is 13.2 Å². The van der Waals surface area contributed by atoms with E-state index >= 15 is 0 Å². The third-order valence-electron chi connectivity index (χ3n) is 4.52. The van der Waals surface area contributed by atoms with Crippen molar-refractivity contribution in [1.82, 2.24) is 9.97 Å².